The van der Waals surface area contributed by atoms with Crippen molar-refractivity contribution in [2.24, 2.45) is 5.41 Å². The standard InChI is InChI=1S/C12H24O2/c1-4-6-7-8-10-12(3,9-5-2)11(13)14/h4-10H2,1-3H3,(H,13,14)/t12-/m0/s1. The second-order valence-corrected chi connectivity index (χ2v) is 4.43. The largest absolute Gasteiger partial charge is 0.481 e. The van der Waals surface area contributed by atoms with Crippen LogP contribution in [0, 0.1) is 5.41 Å². The number of hydrogen-bond acceptors (Lipinski definition) is 1. The third kappa shape index (κ3) is 4.64. The van der Waals surface area contributed by atoms with Crippen molar-refractivity contribution in [1.82, 2.24) is 0 Å². The molecule has 0 aliphatic heterocycles. The Morgan fingerprint density at radius 2 is 1.71 bits per heavy atom. The van der Waals surface area contributed by atoms with Crippen molar-refractivity contribution in [1.29, 1.82) is 0 Å². The molecule has 0 spiro atoms. The van der Waals surface area contributed by atoms with E-state index in [2.05, 4.69) is 6.92 Å². The van der Waals surface area contributed by atoms with Crippen molar-refractivity contribution < 1.29 is 9.90 Å². The summed E-state index contributed by atoms with van der Waals surface area (Å²) in [6.07, 6.45) is 7.24. The van der Waals surface area contributed by atoms with Crippen LogP contribution in [0.1, 0.15) is 65.7 Å². The summed E-state index contributed by atoms with van der Waals surface area (Å²) in [5.41, 5.74) is -0.484. The molecule has 0 aliphatic carbocycles. The van der Waals surface area contributed by atoms with E-state index in [1.54, 1.807) is 0 Å². The summed E-state index contributed by atoms with van der Waals surface area (Å²) >= 11 is 0. The van der Waals surface area contributed by atoms with Crippen LogP contribution in [-0.2, 0) is 4.79 Å². The molecule has 0 saturated carbocycles. The lowest BCUT2D eigenvalue weighted by Crippen LogP contribution is -2.27. The zero-order valence-corrected chi connectivity index (χ0v) is 9.81. The number of carboxylic acid groups (broad SMARTS) is 1. The average Bonchev–Trinajstić information content (AvgIpc) is 2.13. The molecule has 0 saturated heterocycles. The third-order valence-electron chi connectivity index (χ3n) is 2.90. The lowest BCUT2D eigenvalue weighted by Gasteiger charge is -2.23. The molecule has 14 heavy (non-hydrogen) atoms. The molecule has 0 aliphatic rings. The quantitative estimate of drug-likeness (QED) is 0.604. The summed E-state index contributed by atoms with van der Waals surface area (Å²) in [6.45, 7) is 6.10. The van der Waals surface area contributed by atoms with Crippen molar-refractivity contribution in [2.45, 2.75) is 65.7 Å². The van der Waals surface area contributed by atoms with Gasteiger partial charge in [-0.25, -0.2) is 0 Å². The highest BCUT2D eigenvalue weighted by Crippen LogP contribution is 2.30. The molecule has 0 amide bonds. The van der Waals surface area contributed by atoms with Gasteiger partial charge in [0.2, 0.25) is 0 Å². The van der Waals surface area contributed by atoms with E-state index < -0.39 is 11.4 Å². The van der Waals surface area contributed by atoms with Crippen LogP contribution >= 0.6 is 0 Å². The summed E-state index contributed by atoms with van der Waals surface area (Å²) in [4.78, 5) is 11.1. The first kappa shape index (κ1) is 13.5. The maximum Gasteiger partial charge on any atom is 0.309 e. The monoisotopic (exact) mass is 200 g/mol. The van der Waals surface area contributed by atoms with Crippen molar-refractivity contribution in [3.05, 3.63) is 0 Å². The first-order valence-electron chi connectivity index (χ1n) is 5.80. The van der Waals surface area contributed by atoms with Crippen LogP contribution in [0.2, 0.25) is 0 Å². The lowest BCUT2D eigenvalue weighted by atomic mass is 9.80. The van der Waals surface area contributed by atoms with Crippen molar-refractivity contribution in [3.8, 4) is 0 Å². The van der Waals surface area contributed by atoms with Gasteiger partial charge in [-0.2, -0.15) is 0 Å². The Bertz CT molecular complexity index is 166. The SMILES string of the molecule is CCCCCC[C@](C)(CCC)C(=O)O. The number of carboxylic acids is 1. The molecule has 1 atom stereocenters. The molecule has 84 valence electrons. The molecule has 0 bridgehead atoms. The number of rotatable bonds is 8. The van der Waals surface area contributed by atoms with E-state index in [4.69, 9.17) is 5.11 Å². The van der Waals surface area contributed by atoms with E-state index in [0.717, 1.165) is 25.7 Å². The Morgan fingerprint density at radius 1 is 1.07 bits per heavy atom. The van der Waals surface area contributed by atoms with Gasteiger partial charge in [0, 0.05) is 0 Å². The average molecular weight is 200 g/mol. The van der Waals surface area contributed by atoms with Gasteiger partial charge in [-0.15, -0.1) is 0 Å². The highest BCUT2D eigenvalue weighted by atomic mass is 16.4. The number of carbonyl (C=O) groups is 1. The first-order chi connectivity index (χ1) is 6.56. The van der Waals surface area contributed by atoms with E-state index in [9.17, 15) is 4.79 Å². The van der Waals surface area contributed by atoms with Crippen LogP contribution in [0.15, 0.2) is 0 Å². The summed E-state index contributed by atoms with van der Waals surface area (Å²) in [5, 5.41) is 9.12. The molecule has 2 nitrogen and oxygen atoms in total. The highest BCUT2D eigenvalue weighted by Gasteiger charge is 2.30. The van der Waals surface area contributed by atoms with Crippen molar-refractivity contribution in [3.63, 3.8) is 0 Å². The third-order valence-corrected chi connectivity index (χ3v) is 2.90. The van der Waals surface area contributed by atoms with Crippen LogP contribution in [-0.4, -0.2) is 11.1 Å². The van der Waals surface area contributed by atoms with Gasteiger partial charge in [0.15, 0.2) is 0 Å². The number of unbranched alkanes of at least 4 members (excludes halogenated alkanes) is 3. The fourth-order valence-corrected chi connectivity index (χ4v) is 1.83. The fourth-order valence-electron chi connectivity index (χ4n) is 1.83. The number of aliphatic carboxylic acids is 1. The molecular weight excluding hydrogens is 176 g/mol. The zero-order valence-electron chi connectivity index (χ0n) is 9.81. The van der Waals surface area contributed by atoms with Crippen molar-refractivity contribution >= 4 is 5.97 Å². The van der Waals surface area contributed by atoms with Gasteiger partial charge in [-0.05, 0) is 19.8 Å². The molecule has 0 aromatic rings. The topological polar surface area (TPSA) is 37.3 Å². The Morgan fingerprint density at radius 3 is 2.14 bits per heavy atom. The maximum absolute atomic E-state index is 11.1. The van der Waals surface area contributed by atoms with E-state index in [1.165, 1.54) is 19.3 Å². The van der Waals surface area contributed by atoms with E-state index in [1.807, 2.05) is 13.8 Å². The molecule has 0 rings (SSSR count). The maximum atomic E-state index is 11.1. The fraction of sp³-hybridized carbons (Fsp3) is 0.917. The summed E-state index contributed by atoms with van der Waals surface area (Å²) in [6, 6.07) is 0. The molecule has 0 aromatic heterocycles. The summed E-state index contributed by atoms with van der Waals surface area (Å²) < 4.78 is 0. The van der Waals surface area contributed by atoms with Crippen LogP contribution in [0.4, 0.5) is 0 Å². The lowest BCUT2D eigenvalue weighted by molar-refractivity contribution is -0.148. The van der Waals surface area contributed by atoms with Gasteiger partial charge in [0.05, 0.1) is 5.41 Å². The highest BCUT2D eigenvalue weighted by molar-refractivity contribution is 5.73. The first-order valence-corrected chi connectivity index (χ1v) is 5.80. The normalized spacial score (nSPS) is 15.1. The molecule has 1 N–H and O–H groups in total. The minimum absolute atomic E-state index is 0.484. The molecule has 0 aromatic carbocycles. The van der Waals surface area contributed by atoms with Gasteiger partial charge in [0.25, 0.3) is 0 Å². The van der Waals surface area contributed by atoms with Crippen LogP contribution < -0.4 is 0 Å². The molecular formula is C12H24O2. The molecule has 0 radical (unpaired) electrons. The molecule has 2 heteroatoms. The van der Waals surface area contributed by atoms with Crippen LogP contribution in [0.3, 0.4) is 0 Å². The summed E-state index contributed by atoms with van der Waals surface area (Å²) in [7, 11) is 0. The second kappa shape index (κ2) is 6.86. The van der Waals surface area contributed by atoms with Gasteiger partial charge >= 0.3 is 5.97 Å². The van der Waals surface area contributed by atoms with E-state index in [0.29, 0.717) is 0 Å². The van der Waals surface area contributed by atoms with Gasteiger partial charge < -0.3 is 5.11 Å². The summed E-state index contributed by atoms with van der Waals surface area (Å²) in [5.74, 6) is -0.629. The van der Waals surface area contributed by atoms with Crippen LogP contribution in [0.25, 0.3) is 0 Å². The van der Waals surface area contributed by atoms with Crippen molar-refractivity contribution in [2.75, 3.05) is 0 Å². The van der Waals surface area contributed by atoms with Crippen LogP contribution in [0.5, 0.6) is 0 Å². The Kier molecular flexibility index (Phi) is 6.60. The predicted molar refractivity (Wildman–Crippen MR) is 59.4 cm³/mol. The van der Waals surface area contributed by atoms with Gasteiger partial charge in [-0.3, -0.25) is 4.79 Å². The number of hydrogen-bond donors (Lipinski definition) is 1. The van der Waals surface area contributed by atoms with Gasteiger partial charge in [0.1, 0.15) is 0 Å². The Balaban J connectivity index is 3.90. The minimum atomic E-state index is -0.629. The molecule has 0 heterocycles. The smallest absolute Gasteiger partial charge is 0.309 e. The molecule has 0 unspecified atom stereocenters. The van der Waals surface area contributed by atoms with E-state index in [-0.39, 0.29) is 0 Å². The van der Waals surface area contributed by atoms with E-state index >= 15 is 0 Å². The molecule has 0 fully saturated rings. The van der Waals surface area contributed by atoms with Gasteiger partial charge in [-0.1, -0.05) is 46.0 Å². The Hall–Kier alpha value is -0.530. The minimum Gasteiger partial charge on any atom is -0.481 e. The predicted octanol–water partition coefficient (Wildman–Crippen LogP) is 3.85. The second-order valence-electron chi connectivity index (χ2n) is 4.43. The Labute approximate surface area is 87.7 Å². The zero-order chi connectivity index (χ0) is 11.0.